The van der Waals surface area contributed by atoms with E-state index in [9.17, 15) is 9.90 Å². The number of nitrogens with one attached hydrogen (secondary N) is 1. The van der Waals surface area contributed by atoms with Crippen molar-refractivity contribution in [2.75, 3.05) is 18.0 Å². The van der Waals surface area contributed by atoms with Gasteiger partial charge in [-0.1, -0.05) is 30.3 Å². The summed E-state index contributed by atoms with van der Waals surface area (Å²) in [5.41, 5.74) is 7.21. The van der Waals surface area contributed by atoms with E-state index in [1.165, 1.54) is 5.56 Å². The maximum Gasteiger partial charge on any atom is 0.256 e. The molecule has 0 atom stereocenters. The van der Waals surface area contributed by atoms with Gasteiger partial charge in [0.15, 0.2) is 0 Å². The summed E-state index contributed by atoms with van der Waals surface area (Å²) in [6.45, 7) is 8.34. The van der Waals surface area contributed by atoms with Crippen LogP contribution in [0.25, 0.3) is 21.8 Å². The van der Waals surface area contributed by atoms with Gasteiger partial charge in [0.1, 0.15) is 5.82 Å². The number of carbonyl (C=O) groups is 1. The Kier molecular flexibility index (Phi) is 5.72. The highest BCUT2D eigenvalue weighted by Gasteiger charge is 2.35. The number of aliphatic hydroxyl groups excluding tert-OH is 1. The second-order valence-corrected chi connectivity index (χ2v) is 10.6. The molecule has 0 spiro atoms. The van der Waals surface area contributed by atoms with E-state index in [0.29, 0.717) is 6.54 Å². The molecule has 3 heterocycles. The molecule has 2 N–H and O–H groups in total. The fourth-order valence-electron chi connectivity index (χ4n) is 5.60. The summed E-state index contributed by atoms with van der Waals surface area (Å²) < 4.78 is 0. The van der Waals surface area contributed by atoms with E-state index < -0.39 is 0 Å². The van der Waals surface area contributed by atoms with Crippen molar-refractivity contribution in [3.8, 4) is 0 Å². The Labute approximate surface area is 211 Å². The maximum absolute atomic E-state index is 14.1. The number of hydrogen-bond acceptors (Lipinski definition) is 4. The molecule has 6 heteroatoms. The first-order valence-electron chi connectivity index (χ1n) is 13.1. The number of anilines is 1. The average molecular weight is 483 g/mol. The lowest BCUT2D eigenvalue weighted by molar-refractivity contribution is 0.0732. The summed E-state index contributed by atoms with van der Waals surface area (Å²) in [6.07, 6.45) is 3.31. The van der Waals surface area contributed by atoms with Gasteiger partial charge in [0, 0.05) is 47.7 Å². The van der Waals surface area contributed by atoms with Crippen LogP contribution in [0, 0.1) is 20.8 Å². The Balaban J connectivity index is 1.42. The zero-order chi connectivity index (χ0) is 25.0. The van der Waals surface area contributed by atoms with E-state index in [1.807, 2.05) is 12.1 Å². The molecule has 0 bridgehead atoms. The van der Waals surface area contributed by atoms with Crippen LogP contribution in [0.15, 0.2) is 42.5 Å². The number of aromatic amines is 1. The van der Waals surface area contributed by atoms with Gasteiger partial charge in [-0.05, 0) is 69.7 Å². The number of pyridine rings is 1. The summed E-state index contributed by atoms with van der Waals surface area (Å²) >= 11 is 0. The average Bonchev–Trinajstić information content (AvgIpc) is 3.68. The van der Waals surface area contributed by atoms with E-state index in [2.05, 4.69) is 65.9 Å². The first-order valence-corrected chi connectivity index (χ1v) is 13.1. The molecule has 2 aliphatic rings. The van der Waals surface area contributed by atoms with Gasteiger partial charge in [-0.2, -0.15) is 0 Å². The minimum Gasteiger partial charge on any atom is -0.393 e. The van der Waals surface area contributed by atoms with Gasteiger partial charge in [0.05, 0.1) is 22.7 Å². The molecule has 6 nitrogen and oxygen atoms in total. The fourth-order valence-corrected chi connectivity index (χ4v) is 5.60. The maximum atomic E-state index is 14.1. The molecule has 0 radical (unpaired) electrons. The fraction of sp³-hybridized carbons (Fsp3) is 0.400. The SMILES string of the molecule is Cc1[nH]c2c(C(=O)N(Cc3cc4cccc(C)c4nc3N3CCC(O)CC3)C3CC3)cccc2c1C. The van der Waals surface area contributed by atoms with E-state index in [-0.39, 0.29) is 18.1 Å². The Morgan fingerprint density at radius 2 is 1.83 bits per heavy atom. The second-order valence-electron chi connectivity index (χ2n) is 10.6. The van der Waals surface area contributed by atoms with Crippen LogP contribution < -0.4 is 4.90 Å². The molecule has 1 saturated heterocycles. The number of H-pyrrole nitrogens is 1. The molecule has 2 fully saturated rings. The van der Waals surface area contributed by atoms with Crippen molar-refractivity contribution in [1.82, 2.24) is 14.9 Å². The van der Waals surface area contributed by atoms with Crippen molar-refractivity contribution >= 4 is 33.5 Å². The number of fused-ring (bicyclic) bond motifs is 2. The monoisotopic (exact) mass is 482 g/mol. The number of aliphatic hydroxyl groups is 1. The molecule has 1 saturated carbocycles. The minimum atomic E-state index is -0.246. The van der Waals surface area contributed by atoms with Gasteiger partial charge < -0.3 is 19.9 Å². The van der Waals surface area contributed by atoms with Crippen LogP contribution in [0.4, 0.5) is 5.82 Å². The third-order valence-electron chi connectivity index (χ3n) is 8.03. The van der Waals surface area contributed by atoms with Crippen molar-refractivity contribution in [2.24, 2.45) is 0 Å². The molecule has 1 amide bonds. The van der Waals surface area contributed by atoms with Crippen molar-refractivity contribution in [3.05, 3.63) is 70.4 Å². The van der Waals surface area contributed by atoms with Crippen molar-refractivity contribution < 1.29 is 9.90 Å². The third kappa shape index (κ3) is 4.03. The highest BCUT2D eigenvalue weighted by Crippen LogP contribution is 2.35. The molecule has 2 aromatic heterocycles. The number of hydrogen-bond donors (Lipinski definition) is 2. The Morgan fingerprint density at radius 1 is 1.08 bits per heavy atom. The van der Waals surface area contributed by atoms with Gasteiger partial charge in [-0.15, -0.1) is 0 Å². The summed E-state index contributed by atoms with van der Waals surface area (Å²) in [7, 11) is 0. The van der Waals surface area contributed by atoms with Crippen molar-refractivity contribution in [3.63, 3.8) is 0 Å². The van der Waals surface area contributed by atoms with Gasteiger partial charge >= 0.3 is 0 Å². The van der Waals surface area contributed by atoms with Crippen molar-refractivity contribution in [1.29, 1.82) is 0 Å². The quantitative estimate of drug-likeness (QED) is 0.399. The molecule has 1 aliphatic heterocycles. The Hall–Kier alpha value is -3.38. The summed E-state index contributed by atoms with van der Waals surface area (Å²) in [6, 6.07) is 14.8. The zero-order valence-corrected chi connectivity index (χ0v) is 21.3. The molecule has 36 heavy (non-hydrogen) atoms. The van der Waals surface area contributed by atoms with Gasteiger partial charge in [0.2, 0.25) is 0 Å². The number of rotatable bonds is 5. The smallest absolute Gasteiger partial charge is 0.256 e. The standard InChI is InChI=1S/C30H34N4O2/c1-18-6-4-7-21-16-22(29(32-27(18)21)33-14-12-24(35)13-15-33)17-34(23-10-11-23)30(36)26-9-5-8-25-19(2)20(3)31-28(25)26/h4-9,16,23-24,31,35H,10-15,17H2,1-3H3. The topological polar surface area (TPSA) is 72.5 Å². The number of aryl methyl sites for hydroxylation is 3. The molecule has 4 aromatic rings. The van der Waals surface area contributed by atoms with Gasteiger partial charge in [0.25, 0.3) is 5.91 Å². The number of piperidine rings is 1. The first kappa shape index (κ1) is 23.0. The lowest BCUT2D eigenvalue weighted by atomic mass is 10.0. The van der Waals surface area contributed by atoms with Crippen LogP contribution in [0.1, 0.15) is 58.4 Å². The van der Waals surface area contributed by atoms with Gasteiger partial charge in [-0.25, -0.2) is 4.98 Å². The lowest BCUT2D eigenvalue weighted by Crippen LogP contribution is -2.38. The number of nitrogens with zero attached hydrogens (tertiary/aromatic N) is 3. The summed E-state index contributed by atoms with van der Waals surface area (Å²) in [5, 5.41) is 12.3. The lowest BCUT2D eigenvalue weighted by Gasteiger charge is -2.33. The molecular formula is C30H34N4O2. The summed E-state index contributed by atoms with van der Waals surface area (Å²) in [4.78, 5) is 27.0. The summed E-state index contributed by atoms with van der Waals surface area (Å²) in [5.74, 6) is 1.03. The highest BCUT2D eigenvalue weighted by molar-refractivity contribution is 6.07. The Morgan fingerprint density at radius 3 is 2.58 bits per heavy atom. The predicted octanol–water partition coefficient (Wildman–Crippen LogP) is 5.41. The molecule has 0 unspecified atom stereocenters. The van der Waals surface area contributed by atoms with Gasteiger partial charge in [-0.3, -0.25) is 4.79 Å². The Bertz CT molecular complexity index is 1460. The number of para-hydroxylation sites is 2. The largest absolute Gasteiger partial charge is 0.393 e. The molecule has 2 aromatic carbocycles. The minimum absolute atomic E-state index is 0.0775. The number of amides is 1. The van der Waals surface area contributed by atoms with Crippen LogP contribution in [-0.2, 0) is 6.54 Å². The highest BCUT2D eigenvalue weighted by atomic mass is 16.3. The van der Waals surface area contributed by atoms with E-state index in [0.717, 1.165) is 88.8 Å². The van der Waals surface area contributed by atoms with Crippen LogP contribution in [0.2, 0.25) is 0 Å². The van der Waals surface area contributed by atoms with Crippen LogP contribution in [-0.4, -0.2) is 51.1 Å². The second kappa shape index (κ2) is 8.93. The normalized spacial score (nSPS) is 16.7. The van der Waals surface area contributed by atoms with Crippen LogP contribution in [0.5, 0.6) is 0 Å². The van der Waals surface area contributed by atoms with Crippen LogP contribution in [0.3, 0.4) is 0 Å². The third-order valence-corrected chi connectivity index (χ3v) is 8.03. The van der Waals surface area contributed by atoms with Crippen molar-refractivity contribution in [2.45, 2.75) is 65.1 Å². The predicted molar refractivity (Wildman–Crippen MR) is 145 cm³/mol. The number of benzene rings is 2. The van der Waals surface area contributed by atoms with E-state index in [1.54, 1.807) is 0 Å². The van der Waals surface area contributed by atoms with E-state index in [4.69, 9.17) is 4.98 Å². The number of aromatic nitrogens is 2. The molecule has 186 valence electrons. The van der Waals surface area contributed by atoms with E-state index >= 15 is 0 Å². The number of carbonyl (C=O) groups excluding carboxylic acids is 1. The van der Waals surface area contributed by atoms with Crippen LogP contribution >= 0.6 is 0 Å². The first-order chi connectivity index (χ1) is 17.4. The zero-order valence-electron chi connectivity index (χ0n) is 21.3. The molecular weight excluding hydrogens is 448 g/mol. The molecule has 1 aliphatic carbocycles. The molecule has 6 rings (SSSR count).